The van der Waals surface area contributed by atoms with Crippen LogP contribution in [0.5, 0.6) is 5.75 Å². The Hall–Kier alpha value is -1.10. The Kier molecular flexibility index (Phi) is 5.59. The molecule has 0 amide bonds. The Bertz CT molecular complexity index is 553. The van der Waals surface area contributed by atoms with Gasteiger partial charge < -0.3 is 9.47 Å². The number of likely N-dealkylation sites (tertiary alicyclic amines) is 1. The molecule has 2 atom stereocenters. The molecule has 0 bridgehead atoms. The summed E-state index contributed by atoms with van der Waals surface area (Å²) in [5.41, 5.74) is 1.35. The largest absolute Gasteiger partial charge is 0.490 e. The predicted octanol–water partition coefficient (Wildman–Crippen LogP) is 3.30. The van der Waals surface area contributed by atoms with Gasteiger partial charge in [0.05, 0.1) is 19.3 Å². The van der Waals surface area contributed by atoms with Crippen molar-refractivity contribution in [1.82, 2.24) is 9.80 Å². The van der Waals surface area contributed by atoms with Crippen LogP contribution in [0.15, 0.2) is 24.3 Å². The van der Waals surface area contributed by atoms with Crippen molar-refractivity contribution in [3.05, 3.63) is 29.8 Å². The topological polar surface area (TPSA) is 24.9 Å². The Labute approximate surface area is 152 Å². The standard InChI is InChI=1S/C21H32N2O2/c1-17-20(22-12-14-24-15-13-22)10-11-23(17)16-18-6-2-5-9-21(18)25-19-7-3-4-8-19/h2,5-6,9,17,19-20H,3-4,7-8,10-16H2,1H3/t17-,20-/m1/s1. The van der Waals surface area contributed by atoms with Crippen molar-refractivity contribution >= 4 is 0 Å². The molecule has 138 valence electrons. The van der Waals surface area contributed by atoms with Crippen molar-refractivity contribution in [1.29, 1.82) is 0 Å². The number of para-hydroxylation sites is 1. The van der Waals surface area contributed by atoms with Gasteiger partial charge in [-0.2, -0.15) is 0 Å². The molecule has 1 aromatic carbocycles. The molecule has 0 spiro atoms. The lowest BCUT2D eigenvalue weighted by atomic mass is 10.1. The summed E-state index contributed by atoms with van der Waals surface area (Å²) in [6.07, 6.45) is 6.76. The van der Waals surface area contributed by atoms with Crippen LogP contribution in [0, 0.1) is 0 Å². The molecular weight excluding hydrogens is 312 g/mol. The zero-order valence-electron chi connectivity index (χ0n) is 15.5. The van der Waals surface area contributed by atoms with Crippen molar-refractivity contribution in [2.75, 3.05) is 32.8 Å². The van der Waals surface area contributed by atoms with Crippen LogP contribution >= 0.6 is 0 Å². The van der Waals surface area contributed by atoms with Crippen LogP contribution in [-0.2, 0) is 11.3 Å². The fourth-order valence-corrected chi connectivity index (χ4v) is 4.76. The van der Waals surface area contributed by atoms with E-state index in [1.165, 1.54) is 44.2 Å². The summed E-state index contributed by atoms with van der Waals surface area (Å²) in [7, 11) is 0. The first-order valence-corrected chi connectivity index (χ1v) is 10.1. The van der Waals surface area contributed by atoms with E-state index in [0.29, 0.717) is 18.2 Å². The molecule has 2 heterocycles. The Morgan fingerprint density at radius 2 is 1.80 bits per heavy atom. The summed E-state index contributed by atoms with van der Waals surface area (Å²) in [5.74, 6) is 1.11. The Morgan fingerprint density at radius 1 is 1.04 bits per heavy atom. The van der Waals surface area contributed by atoms with Crippen LogP contribution in [0.4, 0.5) is 0 Å². The molecule has 0 radical (unpaired) electrons. The molecule has 4 rings (SSSR count). The van der Waals surface area contributed by atoms with Crippen LogP contribution in [0.1, 0.15) is 44.6 Å². The molecular formula is C21H32N2O2. The van der Waals surface area contributed by atoms with Crippen LogP contribution in [-0.4, -0.2) is 60.8 Å². The smallest absolute Gasteiger partial charge is 0.124 e. The highest BCUT2D eigenvalue weighted by Crippen LogP contribution is 2.30. The van der Waals surface area contributed by atoms with Crippen molar-refractivity contribution in [3.8, 4) is 5.75 Å². The second-order valence-electron chi connectivity index (χ2n) is 7.85. The van der Waals surface area contributed by atoms with Gasteiger partial charge in [-0.15, -0.1) is 0 Å². The molecule has 3 fully saturated rings. The van der Waals surface area contributed by atoms with Crippen LogP contribution in [0.2, 0.25) is 0 Å². The number of hydrogen-bond donors (Lipinski definition) is 0. The maximum Gasteiger partial charge on any atom is 0.124 e. The number of morpholine rings is 1. The zero-order valence-corrected chi connectivity index (χ0v) is 15.5. The van der Waals surface area contributed by atoms with Crippen LogP contribution < -0.4 is 4.74 Å². The summed E-state index contributed by atoms with van der Waals surface area (Å²) in [6.45, 7) is 8.54. The van der Waals surface area contributed by atoms with Gasteiger partial charge in [0, 0.05) is 43.8 Å². The number of ether oxygens (including phenoxy) is 2. The molecule has 0 N–H and O–H groups in total. The Morgan fingerprint density at radius 3 is 2.60 bits per heavy atom. The van der Waals surface area contributed by atoms with Gasteiger partial charge in [0.15, 0.2) is 0 Å². The van der Waals surface area contributed by atoms with Gasteiger partial charge in [-0.3, -0.25) is 9.80 Å². The lowest BCUT2D eigenvalue weighted by Crippen LogP contribution is -2.48. The fourth-order valence-electron chi connectivity index (χ4n) is 4.76. The van der Waals surface area contributed by atoms with Gasteiger partial charge >= 0.3 is 0 Å². The lowest BCUT2D eigenvalue weighted by molar-refractivity contribution is 0.00979. The maximum atomic E-state index is 6.34. The van der Waals surface area contributed by atoms with Crippen molar-refractivity contribution in [2.45, 2.75) is 63.8 Å². The molecule has 4 nitrogen and oxygen atoms in total. The normalized spacial score (nSPS) is 29.3. The van der Waals surface area contributed by atoms with Gasteiger partial charge in [-0.05, 0) is 45.1 Å². The van der Waals surface area contributed by atoms with E-state index in [4.69, 9.17) is 9.47 Å². The molecule has 0 aromatic heterocycles. The number of benzene rings is 1. The minimum atomic E-state index is 0.429. The van der Waals surface area contributed by atoms with Gasteiger partial charge in [0.2, 0.25) is 0 Å². The second-order valence-corrected chi connectivity index (χ2v) is 7.85. The van der Waals surface area contributed by atoms with Crippen molar-refractivity contribution in [3.63, 3.8) is 0 Å². The average molecular weight is 344 g/mol. The monoisotopic (exact) mass is 344 g/mol. The molecule has 2 saturated heterocycles. The average Bonchev–Trinajstić information content (AvgIpc) is 3.28. The molecule has 1 aromatic rings. The summed E-state index contributed by atoms with van der Waals surface area (Å²) < 4.78 is 11.9. The minimum Gasteiger partial charge on any atom is -0.490 e. The van der Waals surface area contributed by atoms with Gasteiger partial charge in [-0.25, -0.2) is 0 Å². The quantitative estimate of drug-likeness (QED) is 0.818. The van der Waals surface area contributed by atoms with E-state index in [0.717, 1.165) is 38.6 Å². The summed E-state index contributed by atoms with van der Waals surface area (Å²) in [5, 5.41) is 0. The molecule has 1 aliphatic carbocycles. The molecule has 2 aliphatic heterocycles. The highest BCUT2D eigenvalue weighted by atomic mass is 16.5. The first-order chi connectivity index (χ1) is 12.3. The fraction of sp³-hybridized carbons (Fsp3) is 0.714. The first-order valence-electron chi connectivity index (χ1n) is 10.1. The molecule has 1 saturated carbocycles. The molecule has 25 heavy (non-hydrogen) atoms. The number of rotatable bonds is 5. The summed E-state index contributed by atoms with van der Waals surface area (Å²) in [4.78, 5) is 5.27. The summed E-state index contributed by atoms with van der Waals surface area (Å²) in [6, 6.07) is 9.94. The first kappa shape index (κ1) is 17.3. The molecule has 3 aliphatic rings. The zero-order chi connectivity index (χ0) is 17.1. The van der Waals surface area contributed by atoms with E-state index in [-0.39, 0.29) is 0 Å². The van der Waals surface area contributed by atoms with E-state index in [2.05, 4.69) is 41.0 Å². The van der Waals surface area contributed by atoms with Gasteiger partial charge in [0.25, 0.3) is 0 Å². The van der Waals surface area contributed by atoms with Gasteiger partial charge in [0.1, 0.15) is 5.75 Å². The van der Waals surface area contributed by atoms with E-state index >= 15 is 0 Å². The highest BCUT2D eigenvalue weighted by Gasteiger charge is 2.35. The van der Waals surface area contributed by atoms with Crippen molar-refractivity contribution < 1.29 is 9.47 Å². The van der Waals surface area contributed by atoms with E-state index in [1.807, 2.05) is 0 Å². The van der Waals surface area contributed by atoms with Gasteiger partial charge in [-0.1, -0.05) is 18.2 Å². The third kappa shape index (κ3) is 4.02. The third-order valence-corrected chi connectivity index (χ3v) is 6.30. The SMILES string of the molecule is C[C@@H]1[C@H](N2CCOCC2)CCN1Cc1ccccc1OC1CCCC1. The van der Waals surface area contributed by atoms with Crippen LogP contribution in [0.3, 0.4) is 0 Å². The number of nitrogens with zero attached hydrogens (tertiary/aromatic N) is 2. The summed E-state index contributed by atoms with van der Waals surface area (Å²) >= 11 is 0. The maximum absolute atomic E-state index is 6.34. The highest BCUT2D eigenvalue weighted by molar-refractivity contribution is 5.33. The van der Waals surface area contributed by atoms with E-state index < -0.39 is 0 Å². The van der Waals surface area contributed by atoms with Crippen LogP contribution in [0.25, 0.3) is 0 Å². The van der Waals surface area contributed by atoms with E-state index in [1.54, 1.807) is 0 Å². The molecule has 4 heteroatoms. The van der Waals surface area contributed by atoms with Crippen molar-refractivity contribution in [2.24, 2.45) is 0 Å². The number of hydrogen-bond acceptors (Lipinski definition) is 4. The van der Waals surface area contributed by atoms with E-state index in [9.17, 15) is 0 Å². The Balaban J connectivity index is 1.40. The lowest BCUT2D eigenvalue weighted by Gasteiger charge is -2.36. The third-order valence-electron chi connectivity index (χ3n) is 6.30. The predicted molar refractivity (Wildman–Crippen MR) is 100.0 cm³/mol. The minimum absolute atomic E-state index is 0.429. The molecule has 0 unspecified atom stereocenters. The second kappa shape index (κ2) is 8.07.